The highest BCUT2D eigenvalue weighted by Gasteiger charge is 2.15. The molecule has 1 heteroatoms. The maximum atomic E-state index is 3.61. The number of rotatable bonds is 8. The van der Waals surface area contributed by atoms with Gasteiger partial charge in [-0.15, -0.1) is 0 Å². The van der Waals surface area contributed by atoms with Crippen LogP contribution in [0.1, 0.15) is 56.7 Å². The van der Waals surface area contributed by atoms with E-state index in [0.717, 1.165) is 18.4 Å². The molecule has 1 aliphatic rings. The lowest BCUT2D eigenvalue weighted by molar-refractivity contribution is 0.385. The molecule has 0 bridgehead atoms. The van der Waals surface area contributed by atoms with Crippen LogP contribution >= 0.6 is 0 Å². The molecule has 1 aromatic rings. The largest absolute Gasteiger partial charge is 0.316 e. The Hall–Kier alpha value is -0.820. The number of hydrogen-bond acceptors (Lipinski definition) is 1. The van der Waals surface area contributed by atoms with Crippen LogP contribution in [-0.2, 0) is 19.3 Å². The van der Waals surface area contributed by atoms with E-state index in [1.165, 1.54) is 45.1 Å². The highest BCUT2D eigenvalue weighted by atomic mass is 14.8. The van der Waals surface area contributed by atoms with E-state index in [2.05, 4.69) is 44.3 Å². The van der Waals surface area contributed by atoms with Gasteiger partial charge in [-0.1, -0.05) is 39.0 Å². The van der Waals surface area contributed by atoms with Gasteiger partial charge in [0.1, 0.15) is 0 Å². The van der Waals surface area contributed by atoms with E-state index in [4.69, 9.17) is 0 Å². The first-order chi connectivity index (χ1) is 9.69. The van der Waals surface area contributed by atoms with Crippen molar-refractivity contribution in [2.75, 3.05) is 13.1 Å². The van der Waals surface area contributed by atoms with Gasteiger partial charge in [0.2, 0.25) is 0 Å². The second-order valence-corrected chi connectivity index (χ2v) is 6.86. The fraction of sp³-hybridized carbons (Fsp3) is 0.684. The summed E-state index contributed by atoms with van der Waals surface area (Å²) in [4.78, 5) is 0. The summed E-state index contributed by atoms with van der Waals surface area (Å²) < 4.78 is 0. The summed E-state index contributed by atoms with van der Waals surface area (Å²) in [5, 5.41) is 3.61. The summed E-state index contributed by atoms with van der Waals surface area (Å²) in [6.07, 6.45) is 7.74. The van der Waals surface area contributed by atoms with Crippen molar-refractivity contribution in [3.05, 3.63) is 34.9 Å². The molecular formula is C19H31N. The monoisotopic (exact) mass is 273 g/mol. The quantitative estimate of drug-likeness (QED) is 0.693. The van der Waals surface area contributed by atoms with Gasteiger partial charge in [0.15, 0.2) is 0 Å². The smallest absolute Gasteiger partial charge is 0.00172 e. The third-order valence-electron chi connectivity index (χ3n) is 4.35. The molecule has 1 aromatic carbocycles. The van der Waals surface area contributed by atoms with Crippen molar-refractivity contribution in [1.82, 2.24) is 5.32 Å². The Morgan fingerprint density at radius 3 is 2.70 bits per heavy atom. The van der Waals surface area contributed by atoms with Crippen molar-refractivity contribution in [2.45, 2.75) is 59.3 Å². The molecular weight excluding hydrogens is 242 g/mol. The van der Waals surface area contributed by atoms with Crippen LogP contribution in [0.25, 0.3) is 0 Å². The van der Waals surface area contributed by atoms with Crippen LogP contribution in [0.15, 0.2) is 18.2 Å². The normalized spacial score (nSPS) is 15.6. The Bertz CT molecular complexity index is 408. The predicted molar refractivity (Wildman–Crippen MR) is 88.3 cm³/mol. The van der Waals surface area contributed by atoms with Crippen molar-refractivity contribution in [2.24, 2.45) is 11.8 Å². The van der Waals surface area contributed by atoms with Gasteiger partial charge in [0, 0.05) is 0 Å². The van der Waals surface area contributed by atoms with E-state index in [1.54, 1.807) is 16.7 Å². The fourth-order valence-electron chi connectivity index (χ4n) is 3.47. The van der Waals surface area contributed by atoms with E-state index in [0.29, 0.717) is 0 Å². The zero-order valence-electron chi connectivity index (χ0n) is 13.5. The molecule has 0 heterocycles. The third kappa shape index (κ3) is 4.63. The Morgan fingerprint density at radius 1 is 1.15 bits per heavy atom. The van der Waals surface area contributed by atoms with E-state index in [1.807, 2.05) is 0 Å². The molecule has 0 fully saturated rings. The van der Waals surface area contributed by atoms with Gasteiger partial charge in [0.05, 0.1) is 0 Å². The summed E-state index contributed by atoms with van der Waals surface area (Å²) in [7, 11) is 0. The van der Waals surface area contributed by atoms with Gasteiger partial charge in [-0.2, -0.15) is 0 Å². The van der Waals surface area contributed by atoms with Gasteiger partial charge in [0.25, 0.3) is 0 Å². The molecule has 0 aliphatic heterocycles. The molecule has 2 rings (SSSR count). The number of benzene rings is 1. The molecule has 1 unspecified atom stereocenters. The van der Waals surface area contributed by atoms with Crippen LogP contribution < -0.4 is 5.32 Å². The van der Waals surface area contributed by atoms with E-state index in [9.17, 15) is 0 Å². The first kappa shape index (κ1) is 15.6. The van der Waals surface area contributed by atoms with Crippen LogP contribution in [0.5, 0.6) is 0 Å². The van der Waals surface area contributed by atoms with Crippen molar-refractivity contribution >= 4 is 0 Å². The molecule has 1 N–H and O–H groups in total. The molecule has 0 aromatic heterocycles. The van der Waals surface area contributed by atoms with Crippen molar-refractivity contribution in [3.63, 3.8) is 0 Å². The first-order valence-electron chi connectivity index (χ1n) is 8.50. The highest BCUT2D eigenvalue weighted by Crippen LogP contribution is 2.25. The SMILES string of the molecule is CCCNCC(Cc1ccc2c(c1)CCC2)CC(C)C. The van der Waals surface area contributed by atoms with E-state index in [-0.39, 0.29) is 0 Å². The van der Waals surface area contributed by atoms with Crippen molar-refractivity contribution in [3.8, 4) is 0 Å². The number of aryl methyl sites for hydroxylation is 2. The number of nitrogens with one attached hydrogen (secondary N) is 1. The molecule has 0 spiro atoms. The van der Waals surface area contributed by atoms with Gasteiger partial charge in [-0.3, -0.25) is 0 Å². The van der Waals surface area contributed by atoms with Crippen LogP contribution in [0, 0.1) is 11.8 Å². The molecule has 0 saturated heterocycles. The van der Waals surface area contributed by atoms with E-state index < -0.39 is 0 Å². The lowest BCUT2D eigenvalue weighted by Crippen LogP contribution is -2.26. The van der Waals surface area contributed by atoms with E-state index >= 15 is 0 Å². The van der Waals surface area contributed by atoms with Crippen LogP contribution in [-0.4, -0.2) is 13.1 Å². The lowest BCUT2D eigenvalue weighted by Gasteiger charge is -2.20. The topological polar surface area (TPSA) is 12.0 Å². The Labute approximate surface area is 125 Å². The summed E-state index contributed by atoms with van der Waals surface area (Å²) in [5.41, 5.74) is 4.76. The van der Waals surface area contributed by atoms with Gasteiger partial charge in [-0.25, -0.2) is 0 Å². The van der Waals surface area contributed by atoms with Gasteiger partial charge in [-0.05, 0) is 80.1 Å². The summed E-state index contributed by atoms with van der Waals surface area (Å²) in [5.74, 6) is 1.57. The molecule has 112 valence electrons. The third-order valence-corrected chi connectivity index (χ3v) is 4.35. The maximum Gasteiger partial charge on any atom is -0.00172 e. The van der Waals surface area contributed by atoms with Crippen LogP contribution in [0.2, 0.25) is 0 Å². The van der Waals surface area contributed by atoms with Crippen LogP contribution in [0.3, 0.4) is 0 Å². The minimum atomic E-state index is 0.779. The number of hydrogen-bond donors (Lipinski definition) is 1. The molecule has 1 nitrogen and oxygen atoms in total. The average Bonchev–Trinajstić information content (AvgIpc) is 2.85. The minimum absolute atomic E-state index is 0.779. The Balaban J connectivity index is 1.95. The first-order valence-corrected chi connectivity index (χ1v) is 8.50. The maximum absolute atomic E-state index is 3.61. The van der Waals surface area contributed by atoms with Crippen molar-refractivity contribution < 1.29 is 0 Å². The van der Waals surface area contributed by atoms with Gasteiger partial charge < -0.3 is 5.32 Å². The minimum Gasteiger partial charge on any atom is -0.316 e. The molecule has 0 amide bonds. The second kappa shape index (κ2) is 7.83. The summed E-state index contributed by atoms with van der Waals surface area (Å²) in [6, 6.07) is 7.23. The highest BCUT2D eigenvalue weighted by molar-refractivity contribution is 5.35. The van der Waals surface area contributed by atoms with Crippen LogP contribution in [0.4, 0.5) is 0 Å². The van der Waals surface area contributed by atoms with Gasteiger partial charge >= 0.3 is 0 Å². The Morgan fingerprint density at radius 2 is 1.95 bits per heavy atom. The molecule has 20 heavy (non-hydrogen) atoms. The zero-order valence-corrected chi connectivity index (χ0v) is 13.5. The summed E-state index contributed by atoms with van der Waals surface area (Å²) >= 11 is 0. The average molecular weight is 273 g/mol. The molecule has 1 atom stereocenters. The molecule has 0 radical (unpaired) electrons. The molecule has 0 saturated carbocycles. The lowest BCUT2D eigenvalue weighted by atomic mass is 9.90. The van der Waals surface area contributed by atoms with Crippen molar-refractivity contribution in [1.29, 1.82) is 0 Å². The molecule has 1 aliphatic carbocycles. The standard InChI is InChI=1S/C19H31N/c1-4-10-20-14-17(11-15(2)3)12-16-8-9-18-6-5-7-19(18)13-16/h8-9,13,15,17,20H,4-7,10-12,14H2,1-3H3. The predicted octanol–water partition coefficient (Wildman–Crippen LogP) is 4.38. The summed E-state index contributed by atoms with van der Waals surface area (Å²) in [6.45, 7) is 9.25. The zero-order chi connectivity index (χ0) is 14.4. The Kier molecular flexibility index (Phi) is 6.09. The fourth-order valence-corrected chi connectivity index (χ4v) is 3.47. The number of fused-ring (bicyclic) bond motifs is 1. The second-order valence-electron chi connectivity index (χ2n) is 6.86.